The summed E-state index contributed by atoms with van der Waals surface area (Å²) in [5, 5.41) is 11.7. The number of benzene rings is 3. The van der Waals surface area contributed by atoms with E-state index >= 15 is 0 Å². The number of carbonyl (C=O) groups is 1. The van der Waals surface area contributed by atoms with Crippen molar-refractivity contribution in [3.63, 3.8) is 0 Å². The fourth-order valence-corrected chi connectivity index (χ4v) is 4.25. The van der Waals surface area contributed by atoms with Crippen molar-refractivity contribution in [3.8, 4) is 5.75 Å². The van der Waals surface area contributed by atoms with Gasteiger partial charge < -0.3 is 9.64 Å². The molecule has 1 heterocycles. The molecule has 0 spiro atoms. The lowest BCUT2D eigenvalue weighted by Gasteiger charge is -2.34. The molecule has 1 aliphatic rings. The van der Waals surface area contributed by atoms with Crippen LogP contribution < -0.4 is 4.74 Å². The molecule has 0 aromatic heterocycles. The van der Waals surface area contributed by atoms with Gasteiger partial charge in [0.2, 0.25) is 0 Å². The molecule has 0 atom stereocenters. The molecule has 3 aromatic rings. The average Bonchev–Trinajstić information content (AvgIpc) is 2.83. The van der Waals surface area contributed by atoms with Gasteiger partial charge in [-0.2, -0.15) is 0 Å². The highest BCUT2D eigenvalue weighted by molar-refractivity contribution is 6.32. The van der Waals surface area contributed by atoms with Gasteiger partial charge in [0.25, 0.3) is 11.6 Å². The second-order valence-electron chi connectivity index (χ2n) is 8.06. The largest absolute Gasteiger partial charge is 0.487 e. The maximum absolute atomic E-state index is 12.9. The smallest absolute Gasteiger partial charge is 0.271 e. The molecule has 1 amide bonds. The highest BCUT2D eigenvalue weighted by atomic mass is 35.5. The summed E-state index contributed by atoms with van der Waals surface area (Å²) < 4.78 is 5.68. The number of halogens is 2. The average molecular weight is 500 g/mol. The maximum atomic E-state index is 12.9. The molecule has 0 unspecified atom stereocenters. The number of rotatable bonds is 7. The predicted octanol–water partition coefficient (Wildman–Crippen LogP) is 5.44. The molecule has 1 aliphatic heterocycles. The van der Waals surface area contributed by atoms with Gasteiger partial charge in [0.1, 0.15) is 12.4 Å². The van der Waals surface area contributed by atoms with Crippen LogP contribution in [0.25, 0.3) is 0 Å². The Kier molecular flexibility index (Phi) is 7.67. The van der Waals surface area contributed by atoms with Crippen molar-refractivity contribution in [2.24, 2.45) is 0 Å². The van der Waals surface area contributed by atoms with Gasteiger partial charge in [0.15, 0.2) is 0 Å². The number of nitro benzene ring substituents is 1. The fourth-order valence-electron chi connectivity index (χ4n) is 3.81. The highest BCUT2D eigenvalue weighted by Crippen LogP contribution is 2.29. The number of piperazine rings is 1. The molecule has 34 heavy (non-hydrogen) atoms. The van der Waals surface area contributed by atoms with E-state index in [2.05, 4.69) is 11.0 Å². The van der Waals surface area contributed by atoms with Crippen LogP contribution >= 0.6 is 23.2 Å². The third kappa shape index (κ3) is 6.05. The van der Waals surface area contributed by atoms with Crippen LogP contribution in [0.15, 0.2) is 66.7 Å². The van der Waals surface area contributed by atoms with E-state index in [-0.39, 0.29) is 23.2 Å². The van der Waals surface area contributed by atoms with Crippen molar-refractivity contribution < 1.29 is 14.5 Å². The van der Waals surface area contributed by atoms with Crippen LogP contribution in [0.2, 0.25) is 10.0 Å². The summed E-state index contributed by atoms with van der Waals surface area (Å²) in [4.78, 5) is 27.4. The van der Waals surface area contributed by atoms with Gasteiger partial charge in [-0.25, -0.2) is 0 Å². The van der Waals surface area contributed by atoms with Gasteiger partial charge in [0, 0.05) is 55.4 Å². The Balaban J connectivity index is 1.28. The third-order valence-corrected chi connectivity index (χ3v) is 6.21. The standard InChI is InChI=1S/C25H23Cl2N3O4/c26-21-3-1-2-19(14-21)16-28-10-12-29(13-11-28)25(31)20-6-4-18(5-7-20)17-34-24-9-8-22(30(32)33)15-23(24)27/h1-9,14-15H,10-13,16-17H2. The first-order valence-corrected chi connectivity index (χ1v) is 11.6. The minimum absolute atomic E-state index is 0.00767. The Morgan fingerprint density at radius 1 is 0.941 bits per heavy atom. The topological polar surface area (TPSA) is 75.9 Å². The van der Waals surface area contributed by atoms with E-state index in [0.717, 1.165) is 30.2 Å². The molecule has 0 saturated carbocycles. The molecule has 1 saturated heterocycles. The van der Waals surface area contributed by atoms with Gasteiger partial charge in [0.05, 0.1) is 9.95 Å². The van der Waals surface area contributed by atoms with Gasteiger partial charge in [-0.05, 0) is 41.5 Å². The van der Waals surface area contributed by atoms with Crippen LogP contribution in [0.3, 0.4) is 0 Å². The number of non-ortho nitro benzene ring substituents is 1. The Bertz CT molecular complexity index is 1180. The Hall–Kier alpha value is -3.13. The molecule has 4 rings (SSSR count). The number of hydrogen-bond acceptors (Lipinski definition) is 5. The van der Waals surface area contributed by atoms with Crippen molar-refractivity contribution in [1.82, 2.24) is 9.80 Å². The molecule has 176 valence electrons. The number of amides is 1. The van der Waals surface area contributed by atoms with Crippen molar-refractivity contribution in [3.05, 3.63) is 104 Å². The van der Waals surface area contributed by atoms with Crippen molar-refractivity contribution in [2.75, 3.05) is 26.2 Å². The summed E-state index contributed by atoms with van der Waals surface area (Å²) in [5.41, 5.74) is 2.56. The molecule has 7 nitrogen and oxygen atoms in total. The van der Waals surface area contributed by atoms with Gasteiger partial charge in [-0.1, -0.05) is 47.5 Å². The molecular weight excluding hydrogens is 477 g/mol. The van der Waals surface area contributed by atoms with Crippen LogP contribution in [0, 0.1) is 10.1 Å². The van der Waals surface area contributed by atoms with E-state index in [9.17, 15) is 14.9 Å². The fraction of sp³-hybridized carbons (Fsp3) is 0.240. The Morgan fingerprint density at radius 2 is 1.68 bits per heavy atom. The zero-order valence-corrected chi connectivity index (χ0v) is 19.8. The number of ether oxygens (including phenoxy) is 1. The summed E-state index contributed by atoms with van der Waals surface area (Å²) >= 11 is 12.1. The van der Waals surface area contributed by atoms with Crippen LogP contribution in [-0.2, 0) is 13.2 Å². The number of nitro groups is 1. The lowest BCUT2D eigenvalue weighted by molar-refractivity contribution is -0.384. The molecule has 0 N–H and O–H groups in total. The quantitative estimate of drug-likeness (QED) is 0.319. The van der Waals surface area contributed by atoms with Gasteiger partial charge >= 0.3 is 0 Å². The first-order chi connectivity index (χ1) is 16.4. The minimum Gasteiger partial charge on any atom is -0.487 e. The van der Waals surface area contributed by atoms with Crippen molar-refractivity contribution >= 4 is 34.8 Å². The number of hydrogen-bond donors (Lipinski definition) is 0. The van der Waals surface area contributed by atoms with E-state index in [0.29, 0.717) is 24.4 Å². The number of carbonyl (C=O) groups excluding carboxylic acids is 1. The Morgan fingerprint density at radius 3 is 2.32 bits per heavy atom. The summed E-state index contributed by atoms with van der Waals surface area (Å²) in [6.45, 7) is 4.00. The molecule has 0 aliphatic carbocycles. The minimum atomic E-state index is -0.509. The summed E-state index contributed by atoms with van der Waals surface area (Å²) in [5.74, 6) is 0.372. The molecule has 1 fully saturated rings. The highest BCUT2D eigenvalue weighted by Gasteiger charge is 2.22. The molecular formula is C25H23Cl2N3O4. The predicted molar refractivity (Wildman–Crippen MR) is 132 cm³/mol. The normalized spacial score (nSPS) is 14.1. The summed E-state index contributed by atoms with van der Waals surface area (Å²) in [7, 11) is 0. The van der Waals surface area contributed by atoms with E-state index < -0.39 is 4.92 Å². The van der Waals surface area contributed by atoms with Crippen LogP contribution in [-0.4, -0.2) is 46.8 Å². The van der Waals surface area contributed by atoms with Crippen molar-refractivity contribution in [1.29, 1.82) is 0 Å². The monoisotopic (exact) mass is 499 g/mol. The zero-order valence-electron chi connectivity index (χ0n) is 18.3. The van der Waals surface area contributed by atoms with Gasteiger partial charge in [-0.15, -0.1) is 0 Å². The molecule has 0 bridgehead atoms. The maximum Gasteiger partial charge on any atom is 0.271 e. The van der Waals surface area contributed by atoms with Crippen molar-refractivity contribution in [2.45, 2.75) is 13.2 Å². The lowest BCUT2D eigenvalue weighted by atomic mass is 10.1. The lowest BCUT2D eigenvalue weighted by Crippen LogP contribution is -2.48. The van der Waals surface area contributed by atoms with Crippen LogP contribution in [0.5, 0.6) is 5.75 Å². The van der Waals surface area contributed by atoms with Gasteiger partial charge in [-0.3, -0.25) is 19.8 Å². The first-order valence-electron chi connectivity index (χ1n) is 10.8. The SMILES string of the molecule is O=C(c1ccc(COc2ccc([N+](=O)[O-])cc2Cl)cc1)N1CCN(Cc2cccc(Cl)c2)CC1. The molecule has 9 heteroatoms. The Labute approximate surface area is 207 Å². The third-order valence-electron chi connectivity index (χ3n) is 5.68. The number of nitrogens with zero attached hydrogens (tertiary/aromatic N) is 3. The first kappa shape index (κ1) is 24.0. The molecule has 0 radical (unpaired) electrons. The van der Waals surface area contributed by atoms with Crippen LogP contribution in [0.1, 0.15) is 21.5 Å². The van der Waals surface area contributed by atoms with E-state index in [1.165, 1.54) is 23.8 Å². The van der Waals surface area contributed by atoms with Crippen LogP contribution in [0.4, 0.5) is 5.69 Å². The zero-order chi connectivity index (χ0) is 24.1. The second kappa shape index (κ2) is 10.9. The second-order valence-corrected chi connectivity index (χ2v) is 8.90. The van der Waals surface area contributed by atoms with E-state index in [1.54, 1.807) is 12.1 Å². The summed E-state index contributed by atoms with van der Waals surface area (Å²) in [6, 6.07) is 19.2. The summed E-state index contributed by atoms with van der Waals surface area (Å²) in [6.07, 6.45) is 0. The van der Waals surface area contributed by atoms with E-state index in [4.69, 9.17) is 27.9 Å². The molecule has 3 aromatic carbocycles. The van der Waals surface area contributed by atoms with E-state index in [1.807, 2.05) is 35.2 Å².